The van der Waals surface area contributed by atoms with E-state index >= 15 is 0 Å². The van der Waals surface area contributed by atoms with Gasteiger partial charge in [0, 0.05) is 6.54 Å². The van der Waals surface area contributed by atoms with Crippen molar-refractivity contribution in [1.29, 1.82) is 0 Å². The van der Waals surface area contributed by atoms with Crippen molar-refractivity contribution in [2.75, 3.05) is 59.4 Å². The number of carboxylic acids is 1. The third-order valence-corrected chi connectivity index (χ3v) is 2.24. The molecule has 0 radical (unpaired) electrons. The molecule has 0 rings (SSSR count). The monoisotopic (exact) mass is 317 g/mol. The maximum atomic E-state index is 10.7. The summed E-state index contributed by atoms with van der Waals surface area (Å²) in [6.45, 7) is 3.41. The summed E-state index contributed by atoms with van der Waals surface area (Å²) in [5.41, 5.74) is 0. The van der Waals surface area contributed by atoms with Gasteiger partial charge in [0.1, 0.15) is 0 Å². The van der Waals surface area contributed by atoms with Gasteiger partial charge in [0.05, 0.1) is 59.3 Å². The number of aliphatic carboxylic acids is 1. The van der Waals surface area contributed by atoms with E-state index in [1.807, 2.05) is 5.92 Å². The van der Waals surface area contributed by atoms with Gasteiger partial charge in [0.25, 0.3) is 5.91 Å². The lowest BCUT2D eigenvalue weighted by atomic mass is 10.5. The van der Waals surface area contributed by atoms with Crippen LogP contribution in [0.25, 0.3) is 0 Å². The number of carbonyl (C=O) groups is 2. The summed E-state index contributed by atoms with van der Waals surface area (Å²) >= 11 is 0. The zero-order chi connectivity index (χ0) is 16.5. The van der Waals surface area contributed by atoms with Crippen LogP contribution >= 0.6 is 0 Å². The van der Waals surface area contributed by atoms with E-state index in [1.165, 1.54) is 0 Å². The van der Waals surface area contributed by atoms with Crippen LogP contribution in [0.15, 0.2) is 0 Å². The maximum absolute atomic E-state index is 10.7. The lowest BCUT2D eigenvalue weighted by Crippen LogP contribution is -2.26. The number of ether oxygens (including phenoxy) is 4. The molecule has 0 fully saturated rings. The second kappa shape index (κ2) is 15.7. The number of amides is 1. The van der Waals surface area contributed by atoms with Crippen molar-refractivity contribution in [3.8, 4) is 12.3 Å². The molecule has 0 aliphatic rings. The van der Waals surface area contributed by atoms with E-state index in [0.717, 1.165) is 0 Å². The van der Waals surface area contributed by atoms with Crippen molar-refractivity contribution in [3.05, 3.63) is 0 Å². The van der Waals surface area contributed by atoms with Crippen LogP contribution in [0.5, 0.6) is 0 Å². The normalized spacial score (nSPS) is 10.1. The quantitative estimate of drug-likeness (QED) is 0.303. The maximum Gasteiger partial charge on any atom is 0.305 e. The summed E-state index contributed by atoms with van der Waals surface area (Å²) in [6.07, 6.45) is 4.87. The van der Waals surface area contributed by atoms with Crippen LogP contribution in [0, 0.1) is 12.3 Å². The third kappa shape index (κ3) is 16.4. The summed E-state index contributed by atoms with van der Waals surface area (Å²) in [5, 5.41) is 10.8. The van der Waals surface area contributed by atoms with Gasteiger partial charge in [0.15, 0.2) is 0 Å². The smallest absolute Gasteiger partial charge is 0.305 e. The third-order valence-electron chi connectivity index (χ3n) is 2.24. The van der Waals surface area contributed by atoms with Crippen LogP contribution in [0.1, 0.15) is 6.42 Å². The van der Waals surface area contributed by atoms with Crippen molar-refractivity contribution in [2.45, 2.75) is 6.42 Å². The standard InChI is InChI=1S/C14H23NO7/c1-2-13(16)15-4-6-20-8-10-22-12-11-21-9-7-19-5-3-14(17)18/h1H,3-12H2,(H,15,16)(H,17,18). The van der Waals surface area contributed by atoms with Crippen LogP contribution in [0.2, 0.25) is 0 Å². The highest BCUT2D eigenvalue weighted by Gasteiger charge is 1.96. The predicted octanol–water partition coefficient (Wildman–Crippen LogP) is -0.723. The number of nitrogens with one attached hydrogen (secondary N) is 1. The van der Waals surface area contributed by atoms with Gasteiger partial charge in [0.2, 0.25) is 0 Å². The summed E-state index contributed by atoms with van der Waals surface area (Å²) in [5.74, 6) is 0.603. The van der Waals surface area contributed by atoms with Crippen molar-refractivity contribution in [1.82, 2.24) is 5.32 Å². The minimum Gasteiger partial charge on any atom is -0.481 e. The number of carbonyl (C=O) groups excluding carboxylic acids is 1. The minimum absolute atomic E-state index is 0.00444. The first-order valence-corrected chi connectivity index (χ1v) is 6.94. The highest BCUT2D eigenvalue weighted by Crippen LogP contribution is 1.85. The molecule has 0 unspecified atom stereocenters. The Bertz CT molecular complexity index is 341. The lowest BCUT2D eigenvalue weighted by Gasteiger charge is -2.07. The fourth-order valence-electron chi connectivity index (χ4n) is 1.21. The molecule has 2 N–H and O–H groups in total. The Balaban J connectivity index is 3.04. The molecule has 0 aromatic carbocycles. The van der Waals surface area contributed by atoms with Gasteiger partial charge >= 0.3 is 5.97 Å². The molecular weight excluding hydrogens is 294 g/mol. The second-order valence-corrected chi connectivity index (χ2v) is 3.99. The molecule has 0 saturated heterocycles. The highest BCUT2D eigenvalue weighted by atomic mass is 16.6. The Morgan fingerprint density at radius 3 is 1.77 bits per heavy atom. The SMILES string of the molecule is C#CC(=O)NCCOCCOCCOCCOCCC(=O)O. The molecule has 1 amide bonds. The number of hydrogen-bond acceptors (Lipinski definition) is 6. The van der Waals surface area contributed by atoms with Crippen LogP contribution in [0.4, 0.5) is 0 Å². The van der Waals surface area contributed by atoms with Crippen molar-refractivity contribution in [3.63, 3.8) is 0 Å². The van der Waals surface area contributed by atoms with Gasteiger partial charge < -0.3 is 29.4 Å². The number of hydrogen-bond donors (Lipinski definition) is 2. The Kier molecular flexibility index (Phi) is 14.5. The van der Waals surface area contributed by atoms with E-state index in [4.69, 9.17) is 30.5 Å². The molecule has 0 aromatic heterocycles. The molecule has 8 heteroatoms. The Morgan fingerprint density at radius 1 is 0.864 bits per heavy atom. The Labute approximate surface area is 130 Å². The molecule has 0 heterocycles. The van der Waals surface area contributed by atoms with Gasteiger partial charge in [-0.1, -0.05) is 0 Å². The van der Waals surface area contributed by atoms with E-state index in [1.54, 1.807) is 0 Å². The molecule has 0 aliphatic heterocycles. The van der Waals surface area contributed by atoms with Gasteiger partial charge in [-0.3, -0.25) is 9.59 Å². The molecule has 8 nitrogen and oxygen atoms in total. The molecule has 0 bridgehead atoms. The first-order valence-electron chi connectivity index (χ1n) is 6.94. The van der Waals surface area contributed by atoms with Crippen molar-refractivity contribution in [2.24, 2.45) is 0 Å². The molecular formula is C14H23NO7. The first kappa shape index (κ1) is 20.3. The molecule has 0 aromatic rings. The van der Waals surface area contributed by atoms with E-state index in [2.05, 4.69) is 5.32 Å². The summed E-state index contributed by atoms with van der Waals surface area (Å²) in [6, 6.07) is 0. The molecule has 126 valence electrons. The zero-order valence-electron chi connectivity index (χ0n) is 12.5. The van der Waals surface area contributed by atoms with Gasteiger partial charge in [-0.25, -0.2) is 0 Å². The Morgan fingerprint density at radius 2 is 1.32 bits per heavy atom. The molecule has 22 heavy (non-hydrogen) atoms. The van der Waals surface area contributed by atoms with Crippen LogP contribution < -0.4 is 5.32 Å². The molecule has 0 aliphatic carbocycles. The highest BCUT2D eigenvalue weighted by molar-refractivity contribution is 5.92. The lowest BCUT2D eigenvalue weighted by molar-refractivity contribution is -0.138. The van der Waals surface area contributed by atoms with Crippen LogP contribution in [-0.4, -0.2) is 76.4 Å². The van der Waals surface area contributed by atoms with Gasteiger partial charge in [-0.05, 0) is 5.92 Å². The van der Waals surface area contributed by atoms with Crippen LogP contribution in [-0.2, 0) is 28.5 Å². The number of terminal acetylenes is 1. The summed E-state index contributed by atoms with van der Waals surface area (Å²) < 4.78 is 20.7. The van der Waals surface area contributed by atoms with Gasteiger partial charge in [-0.15, -0.1) is 6.42 Å². The fourth-order valence-corrected chi connectivity index (χ4v) is 1.21. The average molecular weight is 317 g/mol. The zero-order valence-corrected chi connectivity index (χ0v) is 12.5. The van der Waals surface area contributed by atoms with Crippen LogP contribution in [0.3, 0.4) is 0 Å². The number of rotatable bonds is 15. The molecule has 0 spiro atoms. The summed E-state index contributed by atoms with van der Waals surface area (Å²) in [4.78, 5) is 20.9. The topological polar surface area (TPSA) is 103 Å². The number of carboxylic acid groups (broad SMARTS) is 1. The predicted molar refractivity (Wildman–Crippen MR) is 77.4 cm³/mol. The Hall–Kier alpha value is -1.66. The van der Waals surface area contributed by atoms with Crippen molar-refractivity contribution >= 4 is 11.9 Å². The fraction of sp³-hybridized carbons (Fsp3) is 0.714. The molecule has 0 atom stereocenters. The molecule has 0 saturated carbocycles. The van der Waals surface area contributed by atoms with E-state index in [0.29, 0.717) is 52.8 Å². The second-order valence-electron chi connectivity index (χ2n) is 3.99. The first-order chi connectivity index (χ1) is 10.7. The van der Waals surface area contributed by atoms with Gasteiger partial charge in [-0.2, -0.15) is 0 Å². The average Bonchev–Trinajstić information content (AvgIpc) is 2.50. The van der Waals surface area contributed by atoms with E-state index in [9.17, 15) is 9.59 Å². The van der Waals surface area contributed by atoms with Crippen molar-refractivity contribution < 1.29 is 33.6 Å². The minimum atomic E-state index is -0.880. The largest absolute Gasteiger partial charge is 0.481 e. The summed E-state index contributed by atoms with van der Waals surface area (Å²) in [7, 11) is 0. The van der Waals surface area contributed by atoms with E-state index < -0.39 is 11.9 Å². The van der Waals surface area contributed by atoms with E-state index in [-0.39, 0.29) is 13.0 Å².